The standard InChI is InChI=1S/C19H24O7/c1-10-4-3-5-13(20)14(21)6-7-16-18(26-16)12-8-11(24-2)9-15(22)17(12)19(23)25-10/h3,5,8-10,13-14,16,18,20-22H,4,6-7H2,1-2H3/b5-3-/t10-,13-,14-,16+,18+/m0/s1. The molecule has 1 saturated heterocycles. The second-order valence-electron chi connectivity index (χ2n) is 6.72. The van der Waals surface area contributed by atoms with Gasteiger partial charge in [0.25, 0.3) is 0 Å². The Morgan fingerprint density at radius 2 is 2.00 bits per heavy atom. The normalized spacial score (nSPS) is 33.2. The Kier molecular flexibility index (Phi) is 5.50. The molecule has 1 aromatic rings. The third kappa shape index (κ3) is 4.00. The lowest BCUT2D eigenvalue weighted by molar-refractivity contribution is 0.0332. The molecule has 7 heteroatoms. The van der Waals surface area contributed by atoms with Gasteiger partial charge in [-0.3, -0.25) is 0 Å². The summed E-state index contributed by atoms with van der Waals surface area (Å²) in [7, 11) is 1.47. The summed E-state index contributed by atoms with van der Waals surface area (Å²) >= 11 is 0. The van der Waals surface area contributed by atoms with Crippen molar-refractivity contribution in [2.24, 2.45) is 0 Å². The topological polar surface area (TPSA) is 109 Å². The van der Waals surface area contributed by atoms with Crippen LogP contribution in [0.2, 0.25) is 0 Å². The lowest BCUT2D eigenvalue weighted by Crippen LogP contribution is -2.24. The fraction of sp³-hybridized carbons (Fsp3) is 0.526. The van der Waals surface area contributed by atoms with Crippen LogP contribution in [-0.4, -0.2) is 52.8 Å². The summed E-state index contributed by atoms with van der Waals surface area (Å²) in [5, 5.41) is 30.3. The van der Waals surface area contributed by atoms with Gasteiger partial charge in [-0.25, -0.2) is 4.79 Å². The molecule has 1 aromatic carbocycles. The van der Waals surface area contributed by atoms with Crippen LogP contribution in [0, 0.1) is 0 Å². The third-order valence-corrected chi connectivity index (χ3v) is 4.70. The number of aliphatic hydroxyl groups is 2. The summed E-state index contributed by atoms with van der Waals surface area (Å²) in [5.74, 6) is -0.437. The van der Waals surface area contributed by atoms with Crippen LogP contribution in [0.3, 0.4) is 0 Å². The summed E-state index contributed by atoms with van der Waals surface area (Å²) in [5.41, 5.74) is 0.582. The first kappa shape index (κ1) is 18.7. The van der Waals surface area contributed by atoms with E-state index >= 15 is 0 Å². The van der Waals surface area contributed by atoms with E-state index in [1.165, 1.54) is 19.3 Å². The molecule has 0 aliphatic carbocycles. The molecule has 26 heavy (non-hydrogen) atoms. The molecular weight excluding hydrogens is 340 g/mol. The Labute approximate surface area is 151 Å². The number of carbonyl (C=O) groups is 1. The number of fused-ring (bicyclic) bond motifs is 3. The molecular formula is C19H24O7. The lowest BCUT2D eigenvalue weighted by atomic mass is 9.98. The molecule has 0 unspecified atom stereocenters. The van der Waals surface area contributed by atoms with Crippen LogP contribution in [0.15, 0.2) is 24.3 Å². The van der Waals surface area contributed by atoms with Crippen molar-refractivity contribution >= 4 is 5.97 Å². The number of carbonyl (C=O) groups excluding carboxylic acids is 1. The van der Waals surface area contributed by atoms with Gasteiger partial charge in [0.05, 0.1) is 25.4 Å². The minimum absolute atomic E-state index is 0.0757. The molecule has 2 aliphatic rings. The highest BCUT2D eigenvalue weighted by Crippen LogP contribution is 2.46. The summed E-state index contributed by atoms with van der Waals surface area (Å²) in [6, 6.07) is 3.02. The number of aromatic hydroxyl groups is 1. The molecule has 0 radical (unpaired) electrons. The molecule has 0 saturated carbocycles. The maximum atomic E-state index is 12.6. The second kappa shape index (κ2) is 7.65. The first-order valence-corrected chi connectivity index (χ1v) is 8.70. The molecule has 2 heterocycles. The summed E-state index contributed by atoms with van der Waals surface area (Å²) in [6.07, 6.45) is 1.49. The molecule has 2 aliphatic heterocycles. The smallest absolute Gasteiger partial charge is 0.342 e. The number of ether oxygens (including phenoxy) is 3. The second-order valence-corrected chi connectivity index (χ2v) is 6.72. The molecule has 5 atom stereocenters. The van der Waals surface area contributed by atoms with Crippen LogP contribution >= 0.6 is 0 Å². The number of aliphatic hydroxyl groups excluding tert-OH is 2. The summed E-state index contributed by atoms with van der Waals surface area (Å²) in [6.45, 7) is 1.72. The van der Waals surface area contributed by atoms with Crippen LogP contribution in [0.1, 0.15) is 48.2 Å². The first-order valence-electron chi connectivity index (χ1n) is 8.70. The van der Waals surface area contributed by atoms with Crippen LogP contribution in [0.4, 0.5) is 0 Å². The van der Waals surface area contributed by atoms with E-state index in [1.807, 2.05) is 0 Å². The Balaban J connectivity index is 1.94. The predicted octanol–water partition coefficient (Wildman–Crippen LogP) is 1.85. The molecule has 0 bridgehead atoms. The van der Waals surface area contributed by atoms with Gasteiger partial charge in [0, 0.05) is 18.1 Å². The lowest BCUT2D eigenvalue weighted by Gasteiger charge is -2.17. The van der Waals surface area contributed by atoms with Crippen molar-refractivity contribution in [3.63, 3.8) is 0 Å². The van der Waals surface area contributed by atoms with E-state index in [4.69, 9.17) is 14.2 Å². The van der Waals surface area contributed by atoms with Gasteiger partial charge in [0.1, 0.15) is 29.3 Å². The van der Waals surface area contributed by atoms with E-state index in [0.29, 0.717) is 30.6 Å². The van der Waals surface area contributed by atoms with E-state index in [-0.39, 0.29) is 17.4 Å². The van der Waals surface area contributed by atoms with Crippen LogP contribution in [-0.2, 0) is 9.47 Å². The molecule has 3 rings (SSSR count). The Bertz CT molecular complexity index is 699. The highest BCUT2D eigenvalue weighted by molar-refractivity contribution is 5.95. The van der Waals surface area contributed by atoms with Crippen LogP contribution < -0.4 is 4.74 Å². The van der Waals surface area contributed by atoms with E-state index in [2.05, 4.69) is 0 Å². The number of hydrogen-bond donors (Lipinski definition) is 3. The van der Waals surface area contributed by atoms with Gasteiger partial charge in [-0.2, -0.15) is 0 Å². The molecule has 3 N–H and O–H groups in total. The van der Waals surface area contributed by atoms with Gasteiger partial charge in [0.2, 0.25) is 0 Å². The highest BCUT2D eigenvalue weighted by atomic mass is 16.6. The monoisotopic (exact) mass is 364 g/mol. The Morgan fingerprint density at radius 1 is 1.23 bits per heavy atom. The SMILES string of the molecule is COc1cc(O)c2c(c1)[C@H]1O[C@@H]1CC[C@H](O)[C@@H](O)/C=C\C[C@H](C)OC2=O. The fourth-order valence-electron chi connectivity index (χ4n) is 3.16. The number of epoxide rings is 1. The molecule has 1 fully saturated rings. The van der Waals surface area contributed by atoms with Gasteiger partial charge in [-0.1, -0.05) is 12.2 Å². The quantitative estimate of drug-likeness (QED) is 0.396. The van der Waals surface area contributed by atoms with Gasteiger partial charge >= 0.3 is 5.97 Å². The number of rotatable bonds is 1. The molecule has 0 aromatic heterocycles. The van der Waals surface area contributed by atoms with E-state index < -0.39 is 30.4 Å². The zero-order valence-electron chi connectivity index (χ0n) is 14.8. The molecule has 0 amide bonds. The molecule has 0 spiro atoms. The maximum absolute atomic E-state index is 12.6. The largest absolute Gasteiger partial charge is 0.507 e. The Hall–Kier alpha value is -2.09. The average Bonchev–Trinajstić information content (AvgIpc) is 3.37. The van der Waals surface area contributed by atoms with Crippen LogP contribution in [0.5, 0.6) is 11.5 Å². The van der Waals surface area contributed by atoms with E-state index in [9.17, 15) is 20.1 Å². The van der Waals surface area contributed by atoms with Crippen molar-refractivity contribution in [2.75, 3.05) is 7.11 Å². The number of esters is 1. The van der Waals surface area contributed by atoms with Crippen molar-refractivity contribution in [1.29, 1.82) is 0 Å². The van der Waals surface area contributed by atoms with Gasteiger partial charge in [-0.05, 0) is 25.8 Å². The van der Waals surface area contributed by atoms with Crippen molar-refractivity contribution < 1.29 is 34.3 Å². The minimum atomic E-state index is -0.977. The molecule has 142 valence electrons. The number of hydrogen-bond acceptors (Lipinski definition) is 7. The average molecular weight is 364 g/mol. The van der Waals surface area contributed by atoms with Crippen molar-refractivity contribution in [2.45, 2.75) is 56.7 Å². The number of phenolic OH excluding ortho intramolecular Hbond substituents is 1. The van der Waals surface area contributed by atoms with Gasteiger partial charge in [0.15, 0.2) is 0 Å². The number of benzene rings is 1. The van der Waals surface area contributed by atoms with Gasteiger partial charge in [-0.15, -0.1) is 0 Å². The zero-order valence-corrected chi connectivity index (χ0v) is 14.8. The zero-order chi connectivity index (χ0) is 18.8. The Morgan fingerprint density at radius 3 is 2.73 bits per heavy atom. The number of methoxy groups -OCH3 is 1. The summed E-state index contributed by atoms with van der Waals surface area (Å²) in [4.78, 5) is 12.6. The van der Waals surface area contributed by atoms with Crippen LogP contribution in [0.25, 0.3) is 0 Å². The van der Waals surface area contributed by atoms with E-state index in [1.54, 1.807) is 19.1 Å². The number of cyclic esters (lactones) is 1. The van der Waals surface area contributed by atoms with E-state index in [0.717, 1.165) is 0 Å². The summed E-state index contributed by atoms with van der Waals surface area (Å²) < 4.78 is 16.2. The van der Waals surface area contributed by atoms with Crippen molar-refractivity contribution in [3.8, 4) is 11.5 Å². The minimum Gasteiger partial charge on any atom is -0.507 e. The third-order valence-electron chi connectivity index (χ3n) is 4.70. The first-order chi connectivity index (χ1) is 12.4. The molecule has 7 nitrogen and oxygen atoms in total. The predicted molar refractivity (Wildman–Crippen MR) is 92.2 cm³/mol. The van der Waals surface area contributed by atoms with Gasteiger partial charge < -0.3 is 29.5 Å². The van der Waals surface area contributed by atoms with Crippen molar-refractivity contribution in [3.05, 3.63) is 35.4 Å². The number of phenols is 1. The van der Waals surface area contributed by atoms with Crippen molar-refractivity contribution in [1.82, 2.24) is 0 Å². The fourth-order valence-corrected chi connectivity index (χ4v) is 3.16. The highest BCUT2D eigenvalue weighted by Gasteiger charge is 2.43. The maximum Gasteiger partial charge on any atom is 0.342 e.